The fourth-order valence-corrected chi connectivity index (χ4v) is 2.10. The summed E-state index contributed by atoms with van der Waals surface area (Å²) >= 11 is 0. The molecule has 3 heteroatoms. The molecule has 3 nitrogen and oxygen atoms in total. The Morgan fingerprint density at radius 2 is 2.07 bits per heavy atom. The molecular weight excluding hydrogens is 190 g/mol. The Balaban J connectivity index is 1.95. The van der Waals surface area contributed by atoms with E-state index in [0.29, 0.717) is 12.3 Å². The van der Waals surface area contributed by atoms with Gasteiger partial charge in [-0.15, -0.1) is 0 Å². The maximum atomic E-state index is 5.49. The Morgan fingerprint density at radius 3 is 2.60 bits per heavy atom. The van der Waals surface area contributed by atoms with Gasteiger partial charge < -0.3 is 9.47 Å². The lowest BCUT2D eigenvalue weighted by molar-refractivity contribution is -0.154. The Kier molecular flexibility index (Phi) is 5.58. The fourth-order valence-electron chi connectivity index (χ4n) is 2.10. The van der Waals surface area contributed by atoms with E-state index >= 15 is 0 Å². The lowest BCUT2D eigenvalue weighted by atomic mass is 9.97. The van der Waals surface area contributed by atoms with E-state index in [-0.39, 0.29) is 6.23 Å². The molecule has 0 aromatic carbocycles. The molecule has 1 heterocycles. The summed E-state index contributed by atoms with van der Waals surface area (Å²) in [5.74, 6) is 0.748. The predicted molar refractivity (Wildman–Crippen MR) is 61.6 cm³/mol. The van der Waals surface area contributed by atoms with Crippen LogP contribution in [-0.4, -0.2) is 25.7 Å². The molecule has 4 unspecified atom stereocenters. The van der Waals surface area contributed by atoms with E-state index in [0.717, 1.165) is 18.8 Å². The van der Waals surface area contributed by atoms with E-state index in [1.54, 1.807) is 7.11 Å². The van der Waals surface area contributed by atoms with Gasteiger partial charge in [0.05, 0.1) is 6.10 Å². The third-order valence-electron chi connectivity index (χ3n) is 3.09. The first-order valence-electron chi connectivity index (χ1n) is 6.06. The number of hydrogen-bond acceptors (Lipinski definition) is 3. The van der Waals surface area contributed by atoms with Crippen molar-refractivity contribution in [1.82, 2.24) is 5.32 Å². The van der Waals surface area contributed by atoms with Gasteiger partial charge in [0.15, 0.2) is 0 Å². The minimum absolute atomic E-state index is 0.265. The lowest BCUT2D eigenvalue weighted by Gasteiger charge is -2.35. The SMILES string of the molecule is COC(C)CC(C)CCCC1NC(C)O1. The fraction of sp³-hybridized carbons (Fsp3) is 1.00. The van der Waals surface area contributed by atoms with Crippen LogP contribution in [0.3, 0.4) is 0 Å². The number of ether oxygens (including phenoxy) is 2. The molecule has 1 N–H and O–H groups in total. The summed E-state index contributed by atoms with van der Waals surface area (Å²) in [6, 6.07) is 0. The van der Waals surface area contributed by atoms with Crippen molar-refractivity contribution < 1.29 is 9.47 Å². The maximum absolute atomic E-state index is 5.49. The molecule has 0 amide bonds. The molecule has 1 fully saturated rings. The van der Waals surface area contributed by atoms with Crippen LogP contribution in [-0.2, 0) is 9.47 Å². The number of hydrogen-bond donors (Lipinski definition) is 1. The smallest absolute Gasteiger partial charge is 0.112 e. The average Bonchev–Trinajstić information content (AvgIpc) is 2.14. The van der Waals surface area contributed by atoms with Gasteiger partial charge in [0.25, 0.3) is 0 Å². The van der Waals surface area contributed by atoms with Crippen molar-refractivity contribution in [3.05, 3.63) is 0 Å². The monoisotopic (exact) mass is 215 g/mol. The summed E-state index contributed by atoms with van der Waals surface area (Å²) < 4.78 is 10.7. The Labute approximate surface area is 93.5 Å². The van der Waals surface area contributed by atoms with E-state index in [4.69, 9.17) is 9.47 Å². The molecule has 1 rings (SSSR count). The molecule has 0 bridgehead atoms. The van der Waals surface area contributed by atoms with Gasteiger partial charge in [0, 0.05) is 7.11 Å². The highest BCUT2D eigenvalue weighted by atomic mass is 16.6. The van der Waals surface area contributed by atoms with Crippen molar-refractivity contribution in [3.63, 3.8) is 0 Å². The molecule has 15 heavy (non-hydrogen) atoms. The first-order valence-corrected chi connectivity index (χ1v) is 6.06. The zero-order valence-corrected chi connectivity index (χ0v) is 10.5. The van der Waals surface area contributed by atoms with Crippen molar-refractivity contribution in [1.29, 1.82) is 0 Å². The molecule has 0 radical (unpaired) electrons. The van der Waals surface area contributed by atoms with Gasteiger partial charge in [-0.3, -0.25) is 5.32 Å². The van der Waals surface area contributed by atoms with Gasteiger partial charge in [-0.1, -0.05) is 13.3 Å². The number of methoxy groups -OCH3 is 1. The third kappa shape index (κ3) is 4.96. The van der Waals surface area contributed by atoms with Crippen LogP contribution in [0.15, 0.2) is 0 Å². The molecule has 0 aliphatic carbocycles. The predicted octanol–water partition coefficient (Wildman–Crippen LogP) is 2.51. The van der Waals surface area contributed by atoms with Gasteiger partial charge in [0.2, 0.25) is 0 Å². The molecule has 0 saturated carbocycles. The Morgan fingerprint density at radius 1 is 1.40 bits per heavy atom. The van der Waals surface area contributed by atoms with E-state index in [2.05, 4.69) is 19.2 Å². The quantitative estimate of drug-likeness (QED) is 0.708. The highest BCUT2D eigenvalue weighted by Gasteiger charge is 2.23. The zero-order chi connectivity index (χ0) is 11.3. The van der Waals surface area contributed by atoms with Crippen LogP contribution in [0.25, 0.3) is 0 Å². The first kappa shape index (κ1) is 12.9. The molecule has 1 aliphatic rings. The third-order valence-corrected chi connectivity index (χ3v) is 3.09. The highest BCUT2D eigenvalue weighted by molar-refractivity contribution is 4.69. The Hall–Kier alpha value is -0.120. The summed E-state index contributed by atoms with van der Waals surface area (Å²) in [4.78, 5) is 0. The lowest BCUT2D eigenvalue weighted by Crippen LogP contribution is -2.53. The van der Waals surface area contributed by atoms with Gasteiger partial charge in [-0.05, 0) is 39.0 Å². The van der Waals surface area contributed by atoms with Crippen LogP contribution in [0, 0.1) is 5.92 Å². The molecular formula is C12H25NO2. The summed E-state index contributed by atoms with van der Waals surface area (Å²) in [7, 11) is 1.78. The molecule has 4 atom stereocenters. The maximum Gasteiger partial charge on any atom is 0.112 e. The molecule has 0 aromatic rings. The van der Waals surface area contributed by atoms with Crippen molar-refractivity contribution in [3.8, 4) is 0 Å². The van der Waals surface area contributed by atoms with Crippen LogP contribution in [0.2, 0.25) is 0 Å². The second-order valence-corrected chi connectivity index (χ2v) is 4.75. The van der Waals surface area contributed by atoms with Crippen molar-refractivity contribution in [2.24, 2.45) is 5.92 Å². The van der Waals surface area contributed by atoms with Crippen LogP contribution >= 0.6 is 0 Å². The highest BCUT2D eigenvalue weighted by Crippen LogP contribution is 2.19. The van der Waals surface area contributed by atoms with Gasteiger partial charge >= 0.3 is 0 Å². The van der Waals surface area contributed by atoms with Gasteiger partial charge in [-0.25, -0.2) is 0 Å². The van der Waals surface area contributed by atoms with E-state index in [1.165, 1.54) is 12.8 Å². The normalized spacial score (nSPS) is 29.6. The van der Waals surface area contributed by atoms with Crippen LogP contribution in [0.1, 0.15) is 46.5 Å². The van der Waals surface area contributed by atoms with E-state index < -0.39 is 0 Å². The van der Waals surface area contributed by atoms with E-state index in [9.17, 15) is 0 Å². The standard InChI is InChI=1S/C12H25NO2/c1-9(8-10(2)14-4)6-5-7-12-13-11(3)15-12/h9-13H,5-8H2,1-4H3. The van der Waals surface area contributed by atoms with E-state index in [1.807, 2.05) is 6.92 Å². The van der Waals surface area contributed by atoms with Crippen molar-refractivity contribution in [2.75, 3.05) is 7.11 Å². The molecule has 90 valence electrons. The Bertz CT molecular complexity index is 169. The summed E-state index contributed by atoms with van der Waals surface area (Å²) in [5, 5.41) is 3.32. The average molecular weight is 215 g/mol. The zero-order valence-electron chi connectivity index (χ0n) is 10.5. The molecule has 1 saturated heterocycles. The summed E-state index contributed by atoms with van der Waals surface area (Å²) in [6.45, 7) is 6.47. The van der Waals surface area contributed by atoms with Crippen LogP contribution < -0.4 is 5.32 Å². The van der Waals surface area contributed by atoms with Gasteiger partial charge in [-0.2, -0.15) is 0 Å². The van der Waals surface area contributed by atoms with Crippen molar-refractivity contribution in [2.45, 2.75) is 65.0 Å². The van der Waals surface area contributed by atoms with Crippen molar-refractivity contribution >= 4 is 0 Å². The summed E-state index contributed by atoms with van der Waals surface area (Å²) in [6.07, 6.45) is 5.76. The van der Waals surface area contributed by atoms with Crippen LogP contribution in [0.5, 0.6) is 0 Å². The second kappa shape index (κ2) is 6.46. The largest absolute Gasteiger partial charge is 0.382 e. The number of nitrogens with one attached hydrogen (secondary N) is 1. The first-order chi connectivity index (χ1) is 7.11. The molecule has 0 spiro atoms. The minimum atomic E-state index is 0.265. The summed E-state index contributed by atoms with van der Waals surface area (Å²) in [5.41, 5.74) is 0. The number of rotatable bonds is 7. The minimum Gasteiger partial charge on any atom is -0.382 e. The van der Waals surface area contributed by atoms with Gasteiger partial charge in [0.1, 0.15) is 12.5 Å². The second-order valence-electron chi connectivity index (χ2n) is 4.75. The topological polar surface area (TPSA) is 30.5 Å². The van der Waals surface area contributed by atoms with Crippen LogP contribution in [0.4, 0.5) is 0 Å². The molecule has 0 aromatic heterocycles. The molecule has 1 aliphatic heterocycles.